The molecule has 0 bridgehead atoms. The Morgan fingerprint density at radius 2 is 1.94 bits per heavy atom. The normalized spacial score (nSPS) is 11.1. The van der Waals surface area contributed by atoms with Gasteiger partial charge in [-0.2, -0.15) is 5.10 Å². The number of rotatable bonds is 2. The summed E-state index contributed by atoms with van der Waals surface area (Å²) in [4.78, 5) is 10.2. The quantitative estimate of drug-likeness (QED) is 0.710. The number of nitrogens with one attached hydrogen (secondary N) is 1. The van der Waals surface area contributed by atoms with Crippen molar-refractivity contribution in [1.82, 2.24) is 10.2 Å². The van der Waals surface area contributed by atoms with Crippen molar-refractivity contribution in [2.75, 3.05) is 0 Å². The lowest BCUT2D eigenvalue weighted by Crippen LogP contribution is -2.09. The average Bonchev–Trinajstić information content (AvgIpc) is 2.88. The molecule has 2 aromatic rings. The van der Waals surface area contributed by atoms with Crippen LogP contribution in [-0.4, -0.2) is 26.4 Å². The summed E-state index contributed by atoms with van der Waals surface area (Å²) in [6, 6.07) is 10.1. The van der Waals surface area contributed by atoms with Crippen LogP contribution in [0.2, 0.25) is 0 Å². The highest BCUT2D eigenvalue weighted by molar-refractivity contribution is 5.73. The lowest BCUT2D eigenvalue weighted by molar-refractivity contribution is -0.146. The van der Waals surface area contributed by atoms with Crippen molar-refractivity contribution in [3.05, 3.63) is 54.4 Å². The van der Waals surface area contributed by atoms with E-state index < -0.39 is 12.1 Å². The molecule has 1 atom stereocenters. The first kappa shape index (κ1) is 11.9. The Kier molecular flexibility index (Phi) is 4.75. The fraction of sp³-hybridized carbons (Fsp3) is 0.0909. The number of carboxylic acid groups (broad SMARTS) is 1. The molecular weight excluding hydrogens is 208 g/mol. The van der Waals surface area contributed by atoms with Gasteiger partial charge in [0.1, 0.15) is 0 Å². The second kappa shape index (κ2) is 6.36. The number of aliphatic hydroxyl groups is 1. The molecule has 0 aliphatic carbocycles. The molecule has 84 valence electrons. The predicted molar refractivity (Wildman–Crippen MR) is 57.6 cm³/mol. The number of aromatic nitrogens is 2. The molecule has 1 aromatic carbocycles. The second-order valence-electron chi connectivity index (χ2n) is 2.92. The van der Waals surface area contributed by atoms with Gasteiger partial charge in [0.15, 0.2) is 6.10 Å². The van der Waals surface area contributed by atoms with E-state index >= 15 is 0 Å². The van der Waals surface area contributed by atoms with Crippen LogP contribution < -0.4 is 0 Å². The first-order valence-corrected chi connectivity index (χ1v) is 4.61. The van der Waals surface area contributed by atoms with Crippen LogP contribution in [0.3, 0.4) is 0 Å². The fourth-order valence-electron chi connectivity index (χ4n) is 0.993. The van der Waals surface area contributed by atoms with Gasteiger partial charge in [0.25, 0.3) is 0 Å². The number of aliphatic hydroxyl groups excluding tert-OH is 1. The minimum atomic E-state index is -1.41. The second-order valence-corrected chi connectivity index (χ2v) is 2.92. The Balaban J connectivity index is 0.000000212. The topological polar surface area (TPSA) is 86.2 Å². The van der Waals surface area contributed by atoms with E-state index in [1.807, 2.05) is 6.07 Å². The van der Waals surface area contributed by atoms with Crippen LogP contribution >= 0.6 is 0 Å². The highest BCUT2D eigenvalue weighted by Gasteiger charge is 2.14. The average molecular weight is 220 g/mol. The van der Waals surface area contributed by atoms with Gasteiger partial charge >= 0.3 is 5.97 Å². The molecule has 0 fully saturated rings. The number of benzene rings is 1. The number of nitrogens with zero attached hydrogens (tertiary/aromatic N) is 1. The van der Waals surface area contributed by atoms with Gasteiger partial charge in [-0.15, -0.1) is 0 Å². The number of hydrogen-bond donors (Lipinski definition) is 3. The van der Waals surface area contributed by atoms with Gasteiger partial charge in [-0.05, 0) is 11.6 Å². The highest BCUT2D eigenvalue weighted by Crippen LogP contribution is 2.10. The summed E-state index contributed by atoms with van der Waals surface area (Å²) in [5, 5.41) is 23.6. The number of carboxylic acids is 1. The van der Waals surface area contributed by atoms with Crippen LogP contribution in [0.25, 0.3) is 0 Å². The van der Waals surface area contributed by atoms with E-state index in [-0.39, 0.29) is 0 Å². The molecule has 5 nitrogen and oxygen atoms in total. The maximum atomic E-state index is 10.2. The summed E-state index contributed by atoms with van der Waals surface area (Å²) in [6.07, 6.45) is 2.05. The van der Waals surface area contributed by atoms with Gasteiger partial charge < -0.3 is 10.2 Å². The molecule has 1 heterocycles. The fourth-order valence-corrected chi connectivity index (χ4v) is 0.993. The van der Waals surface area contributed by atoms with Gasteiger partial charge in [-0.25, -0.2) is 4.79 Å². The lowest BCUT2D eigenvalue weighted by Gasteiger charge is -2.03. The van der Waals surface area contributed by atoms with Gasteiger partial charge in [0.05, 0.1) is 0 Å². The number of H-pyrrole nitrogens is 1. The summed E-state index contributed by atoms with van der Waals surface area (Å²) >= 11 is 0. The van der Waals surface area contributed by atoms with Crippen molar-refractivity contribution in [3.63, 3.8) is 0 Å². The summed E-state index contributed by atoms with van der Waals surface area (Å²) in [6.45, 7) is 0. The molecule has 0 aliphatic rings. The number of aliphatic carboxylic acids is 1. The number of aromatic amines is 1. The molecular formula is C11H12N2O3. The van der Waals surface area contributed by atoms with Crippen LogP contribution in [0, 0.1) is 0 Å². The number of hydrogen-bond acceptors (Lipinski definition) is 3. The van der Waals surface area contributed by atoms with Crippen LogP contribution in [0.4, 0.5) is 0 Å². The zero-order valence-corrected chi connectivity index (χ0v) is 8.45. The molecule has 0 aliphatic heterocycles. The monoisotopic (exact) mass is 220 g/mol. The maximum absolute atomic E-state index is 10.2. The van der Waals surface area contributed by atoms with Gasteiger partial charge in [-0.3, -0.25) is 5.10 Å². The van der Waals surface area contributed by atoms with Gasteiger partial charge in [0, 0.05) is 12.4 Å². The first-order valence-electron chi connectivity index (χ1n) is 4.61. The lowest BCUT2D eigenvalue weighted by atomic mass is 10.1. The largest absolute Gasteiger partial charge is 0.479 e. The predicted octanol–water partition coefficient (Wildman–Crippen LogP) is 1.21. The van der Waals surface area contributed by atoms with Crippen molar-refractivity contribution in [1.29, 1.82) is 0 Å². The summed E-state index contributed by atoms with van der Waals surface area (Å²) in [5.74, 6) is -1.23. The van der Waals surface area contributed by atoms with E-state index in [2.05, 4.69) is 10.2 Å². The highest BCUT2D eigenvalue weighted by atomic mass is 16.4. The van der Waals surface area contributed by atoms with E-state index in [1.54, 1.807) is 42.7 Å². The van der Waals surface area contributed by atoms with E-state index in [9.17, 15) is 4.79 Å². The van der Waals surface area contributed by atoms with Gasteiger partial charge in [-0.1, -0.05) is 30.3 Å². The van der Waals surface area contributed by atoms with E-state index in [4.69, 9.17) is 10.2 Å². The minimum Gasteiger partial charge on any atom is -0.479 e. The van der Waals surface area contributed by atoms with E-state index in [0.29, 0.717) is 5.56 Å². The molecule has 1 aromatic heterocycles. The van der Waals surface area contributed by atoms with Crippen LogP contribution in [0.1, 0.15) is 11.7 Å². The first-order chi connectivity index (χ1) is 7.72. The van der Waals surface area contributed by atoms with E-state index in [1.165, 1.54) is 0 Å². The molecule has 2 rings (SSSR count). The maximum Gasteiger partial charge on any atom is 0.337 e. The van der Waals surface area contributed by atoms with Gasteiger partial charge in [0.2, 0.25) is 0 Å². The number of carbonyl (C=O) groups is 1. The third kappa shape index (κ3) is 3.93. The summed E-state index contributed by atoms with van der Waals surface area (Å²) in [7, 11) is 0. The Morgan fingerprint density at radius 1 is 1.25 bits per heavy atom. The molecule has 0 radical (unpaired) electrons. The Bertz CT molecular complexity index is 383. The molecule has 3 N–H and O–H groups in total. The minimum absolute atomic E-state index is 0.403. The molecule has 0 saturated carbocycles. The van der Waals surface area contributed by atoms with Crippen LogP contribution in [0.15, 0.2) is 48.8 Å². The molecule has 0 amide bonds. The third-order valence-electron chi connectivity index (χ3n) is 1.76. The van der Waals surface area contributed by atoms with Crippen LogP contribution in [0.5, 0.6) is 0 Å². The smallest absolute Gasteiger partial charge is 0.337 e. The van der Waals surface area contributed by atoms with Crippen molar-refractivity contribution in [3.8, 4) is 0 Å². The SMILES string of the molecule is O=C(O)C(O)c1ccccc1.c1cn[nH]c1. The van der Waals surface area contributed by atoms with Crippen LogP contribution in [-0.2, 0) is 4.79 Å². The Hall–Kier alpha value is -2.14. The standard InChI is InChI=1S/C8H8O3.C3H4N2/c9-7(8(10)11)6-4-2-1-3-5-6;1-2-4-5-3-1/h1-5,7,9H,(H,10,11);1-3H,(H,4,5). The zero-order valence-electron chi connectivity index (χ0n) is 8.45. The summed E-state index contributed by atoms with van der Waals surface area (Å²) < 4.78 is 0. The van der Waals surface area contributed by atoms with Crippen molar-refractivity contribution in [2.24, 2.45) is 0 Å². The zero-order chi connectivity index (χ0) is 11.8. The van der Waals surface area contributed by atoms with E-state index in [0.717, 1.165) is 0 Å². The van der Waals surface area contributed by atoms with Crippen molar-refractivity contribution in [2.45, 2.75) is 6.10 Å². The molecule has 16 heavy (non-hydrogen) atoms. The molecule has 1 unspecified atom stereocenters. The van der Waals surface area contributed by atoms with Crippen molar-refractivity contribution < 1.29 is 15.0 Å². The molecule has 0 saturated heterocycles. The Morgan fingerprint density at radius 3 is 2.31 bits per heavy atom. The Labute approximate surface area is 92.4 Å². The van der Waals surface area contributed by atoms with Crippen molar-refractivity contribution >= 4 is 5.97 Å². The molecule has 0 spiro atoms. The third-order valence-corrected chi connectivity index (χ3v) is 1.76. The summed E-state index contributed by atoms with van der Waals surface area (Å²) in [5.41, 5.74) is 0.403. The molecule has 5 heteroatoms.